The van der Waals surface area contributed by atoms with Crippen molar-refractivity contribution in [3.63, 3.8) is 0 Å². The molecule has 1 amide bonds. The number of esters is 1. The predicted octanol–water partition coefficient (Wildman–Crippen LogP) is 4.07. The molecule has 0 spiro atoms. The van der Waals surface area contributed by atoms with Crippen LogP contribution in [0.15, 0.2) is 78.9 Å². The predicted molar refractivity (Wildman–Crippen MR) is 106 cm³/mol. The number of carbonyl (C=O) groups excluding carboxylic acids is 2. The molecule has 0 N–H and O–H groups in total. The molecule has 1 atom stereocenters. The second-order valence-electron chi connectivity index (χ2n) is 6.52. The van der Waals surface area contributed by atoms with Crippen LogP contribution in [0.25, 0.3) is 11.1 Å². The van der Waals surface area contributed by atoms with Gasteiger partial charge in [-0.15, -0.1) is 0 Å². The number of benzene rings is 3. The van der Waals surface area contributed by atoms with Crippen LogP contribution in [0.2, 0.25) is 0 Å². The molecule has 4 rings (SSSR count). The van der Waals surface area contributed by atoms with Gasteiger partial charge in [0.15, 0.2) is 0 Å². The van der Waals surface area contributed by atoms with Crippen LogP contribution in [-0.2, 0) is 9.59 Å². The molecule has 1 aliphatic heterocycles. The Kier molecular flexibility index (Phi) is 4.81. The van der Waals surface area contributed by atoms with Gasteiger partial charge in [0, 0.05) is 6.92 Å². The van der Waals surface area contributed by atoms with Crippen LogP contribution in [0.4, 0.5) is 5.69 Å². The fraction of sp³-hybridized carbons (Fsp3) is 0.130. The first-order valence-electron chi connectivity index (χ1n) is 9.03. The summed E-state index contributed by atoms with van der Waals surface area (Å²) in [6.45, 7) is 1.58. The maximum absolute atomic E-state index is 12.6. The molecule has 28 heavy (non-hydrogen) atoms. The maximum atomic E-state index is 12.6. The number of ether oxygens (including phenoxy) is 2. The first-order valence-corrected chi connectivity index (χ1v) is 9.03. The molecule has 0 aromatic heterocycles. The number of hydrogen-bond acceptors (Lipinski definition) is 4. The zero-order valence-corrected chi connectivity index (χ0v) is 15.4. The van der Waals surface area contributed by atoms with E-state index >= 15 is 0 Å². The highest BCUT2D eigenvalue weighted by atomic mass is 16.6. The van der Waals surface area contributed by atoms with Crippen molar-refractivity contribution in [2.45, 2.75) is 13.0 Å². The molecule has 3 aromatic rings. The lowest BCUT2D eigenvalue weighted by molar-refractivity contribution is -0.142. The van der Waals surface area contributed by atoms with Gasteiger partial charge < -0.3 is 14.4 Å². The van der Waals surface area contributed by atoms with Gasteiger partial charge in [-0.05, 0) is 35.4 Å². The third kappa shape index (κ3) is 3.60. The van der Waals surface area contributed by atoms with Crippen molar-refractivity contribution < 1.29 is 19.1 Å². The number of amides is 1. The van der Waals surface area contributed by atoms with Gasteiger partial charge in [0.05, 0.1) is 12.2 Å². The fourth-order valence-electron chi connectivity index (χ4n) is 3.18. The van der Waals surface area contributed by atoms with Gasteiger partial charge in [-0.1, -0.05) is 54.6 Å². The Bertz CT molecular complexity index is 999. The Morgan fingerprint density at radius 3 is 2.25 bits per heavy atom. The lowest BCUT2D eigenvalue weighted by atomic mass is 10.1. The summed E-state index contributed by atoms with van der Waals surface area (Å²) in [4.78, 5) is 26.1. The first-order chi connectivity index (χ1) is 13.6. The molecule has 0 bridgehead atoms. The van der Waals surface area contributed by atoms with Gasteiger partial charge in [0.25, 0.3) is 0 Å². The molecule has 1 aliphatic rings. The SMILES string of the molecule is CC(=O)N1CC(C(=O)Oc2ccc(-c3ccccc3)cc2)Oc2ccccc21. The van der Waals surface area contributed by atoms with E-state index in [-0.39, 0.29) is 12.5 Å². The molecule has 0 aliphatic carbocycles. The highest BCUT2D eigenvalue weighted by Crippen LogP contribution is 2.33. The summed E-state index contributed by atoms with van der Waals surface area (Å²) in [6.07, 6.45) is -0.882. The zero-order valence-electron chi connectivity index (χ0n) is 15.4. The molecule has 140 valence electrons. The molecule has 0 saturated heterocycles. The van der Waals surface area contributed by atoms with Crippen molar-refractivity contribution in [2.75, 3.05) is 11.4 Å². The molecule has 3 aromatic carbocycles. The third-order valence-electron chi connectivity index (χ3n) is 4.60. The molecular formula is C23H19NO4. The van der Waals surface area contributed by atoms with Crippen molar-refractivity contribution in [2.24, 2.45) is 0 Å². The summed E-state index contributed by atoms with van der Waals surface area (Å²) in [5.41, 5.74) is 2.78. The van der Waals surface area contributed by atoms with Crippen molar-refractivity contribution in [1.29, 1.82) is 0 Å². The number of carbonyl (C=O) groups is 2. The van der Waals surface area contributed by atoms with E-state index in [1.807, 2.05) is 48.5 Å². The first kappa shape index (κ1) is 17.8. The van der Waals surface area contributed by atoms with Gasteiger partial charge in [0.1, 0.15) is 11.5 Å². The summed E-state index contributed by atoms with van der Waals surface area (Å²) in [7, 11) is 0. The van der Waals surface area contributed by atoms with Crippen LogP contribution < -0.4 is 14.4 Å². The van der Waals surface area contributed by atoms with Gasteiger partial charge >= 0.3 is 5.97 Å². The van der Waals surface area contributed by atoms with E-state index in [9.17, 15) is 9.59 Å². The average molecular weight is 373 g/mol. The second kappa shape index (κ2) is 7.56. The molecule has 1 unspecified atom stereocenters. The quantitative estimate of drug-likeness (QED) is 0.513. The summed E-state index contributed by atoms with van der Waals surface area (Å²) >= 11 is 0. The van der Waals surface area contributed by atoms with Crippen molar-refractivity contribution >= 4 is 17.6 Å². The van der Waals surface area contributed by atoms with Crippen LogP contribution in [0.1, 0.15) is 6.92 Å². The minimum absolute atomic E-state index is 0.118. The third-order valence-corrected chi connectivity index (χ3v) is 4.60. The van der Waals surface area contributed by atoms with Crippen LogP contribution in [0.3, 0.4) is 0 Å². The summed E-state index contributed by atoms with van der Waals surface area (Å²) in [5.74, 6) is 0.237. The van der Waals surface area contributed by atoms with Gasteiger partial charge in [-0.25, -0.2) is 4.79 Å². The molecule has 5 nitrogen and oxygen atoms in total. The topological polar surface area (TPSA) is 55.8 Å². The number of rotatable bonds is 3. The van der Waals surface area contributed by atoms with Gasteiger partial charge in [-0.3, -0.25) is 4.79 Å². The number of fused-ring (bicyclic) bond motifs is 1. The van der Waals surface area contributed by atoms with E-state index in [2.05, 4.69) is 0 Å². The van der Waals surface area contributed by atoms with Crippen molar-refractivity contribution in [3.8, 4) is 22.6 Å². The van der Waals surface area contributed by atoms with Crippen LogP contribution in [0, 0.1) is 0 Å². The maximum Gasteiger partial charge on any atom is 0.354 e. The molecular weight excluding hydrogens is 354 g/mol. The minimum atomic E-state index is -0.882. The van der Waals surface area contributed by atoms with Crippen LogP contribution in [0.5, 0.6) is 11.5 Å². The molecule has 1 heterocycles. The highest BCUT2D eigenvalue weighted by molar-refractivity contribution is 5.95. The van der Waals surface area contributed by atoms with Gasteiger partial charge in [0.2, 0.25) is 12.0 Å². The van der Waals surface area contributed by atoms with E-state index in [4.69, 9.17) is 9.47 Å². The van der Waals surface area contributed by atoms with Crippen molar-refractivity contribution in [3.05, 3.63) is 78.9 Å². The number of para-hydroxylation sites is 2. The monoisotopic (exact) mass is 373 g/mol. The Morgan fingerprint density at radius 2 is 1.54 bits per heavy atom. The standard InChI is InChI=1S/C23H19NO4/c1-16(25)24-15-22(28-21-10-6-5-9-20(21)24)23(26)27-19-13-11-18(12-14-19)17-7-3-2-4-8-17/h2-14,22H,15H2,1H3. The second-order valence-corrected chi connectivity index (χ2v) is 6.52. The molecule has 0 saturated carbocycles. The molecule has 5 heteroatoms. The highest BCUT2D eigenvalue weighted by Gasteiger charge is 2.33. The average Bonchev–Trinajstić information content (AvgIpc) is 2.74. The lowest BCUT2D eigenvalue weighted by Crippen LogP contribution is -2.47. The normalized spacial score (nSPS) is 15.3. The Hall–Kier alpha value is -3.60. The summed E-state index contributed by atoms with van der Waals surface area (Å²) in [6, 6.07) is 24.4. The number of nitrogens with zero attached hydrogens (tertiary/aromatic N) is 1. The summed E-state index contributed by atoms with van der Waals surface area (Å²) in [5, 5.41) is 0. The largest absolute Gasteiger partial charge is 0.475 e. The molecule has 0 radical (unpaired) electrons. The molecule has 0 fully saturated rings. The Balaban J connectivity index is 1.49. The Morgan fingerprint density at radius 1 is 0.893 bits per heavy atom. The van der Waals surface area contributed by atoms with Gasteiger partial charge in [-0.2, -0.15) is 0 Å². The zero-order chi connectivity index (χ0) is 19.5. The number of anilines is 1. The van der Waals surface area contributed by atoms with E-state index in [0.717, 1.165) is 11.1 Å². The fourth-order valence-corrected chi connectivity index (χ4v) is 3.18. The van der Waals surface area contributed by atoms with E-state index < -0.39 is 12.1 Å². The van der Waals surface area contributed by atoms with Crippen molar-refractivity contribution in [1.82, 2.24) is 0 Å². The lowest BCUT2D eigenvalue weighted by Gasteiger charge is -2.33. The number of hydrogen-bond donors (Lipinski definition) is 0. The van der Waals surface area contributed by atoms with E-state index in [1.54, 1.807) is 30.3 Å². The van der Waals surface area contributed by atoms with Crippen LogP contribution in [-0.4, -0.2) is 24.5 Å². The smallest absolute Gasteiger partial charge is 0.354 e. The summed E-state index contributed by atoms with van der Waals surface area (Å²) < 4.78 is 11.3. The minimum Gasteiger partial charge on any atom is -0.475 e. The van der Waals surface area contributed by atoms with Crippen LogP contribution >= 0.6 is 0 Å². The Labute approximate surface area is 163 Å². The van der Waals surface area contributed by atoms with E-state index in [1.165, 1.54) is 11.8 Å². The van der Waals surface area contributed by atoms with E-state index in [0.29, 0.717) is 17.2 Å².